The maximum absolute atomic E-state index is 11.1. The molecule has 0 amide bonds. The molecule has 5 heteroatoms. The van der Waals surface area contributed by atoms with E-state index in [0.29, 0.717) is 12.2 Å². The maximum Gasteiger partial charge on any atom is 0.376 e. The van der Waals surface area contributed by atoms with E-state index in [2.05, 4.69) is 12.1 Å². The Morgan fingerprint density at radius 3 is 2.45 bits per heavy atom. The first-order valence-electron chi connectivity index (χ1n) is 6.95. The number of hydrogen-bond donors (Lipinski definition) is 2. The van der Waals surface area contributed by atoms with E-state index in [1.165, 1.54) is 5.56 Å². The Kier molecular flexibility index (Phi) is 5.14. The van der Waals surface area contributed by atoms with E-state index >= 15 is 0 Å². The molecule has 0 unspecified atom stereocenters. The minimum atomic E-state index is -1.59. The summed E-state index contributed by atoms with van der Waals surface area (Å²) in [7, 11) is 0. The predicted molar refractivity (Wildman–Crippen MR) is 82.4 cm³/mol. The topological polar surface area (TPSA) is 79.5 Å². The summed E-state index contributed by atoms with van der Waals surface area (Å²) in [6, 6.07) is 13.4. The van der Waals surface area contributed by atoms with Crippen molar-refractivity contribution in [3.8, 4) is 0 Å². The normalized spacial score (nSPS) is 11.4. The Hall–Kier alpha value is -2.82. The zero-order valence-corrected chi connectivity index (χ0v) is 12.0. The summed E-state index contributed by atoms with van der Waals surface area (Å²) < 4.78 is 1.80. The molecule has 114 valence electrons. The number of ketones is 1. The first kappa shape index (κ1) is 15.6. The van der Waals surface area contributed by atoms with Gasteiger partial charge in [-0.25, -0.2) is 4.79 Å². The summed E-state index contributed by atoms with van der Waals surface area (Å²) >= 11 is 0. The van der Waals surface area contributed by atoms with Crippen LogP contribution < -0.4 is 0 Å². The Morgan fingerprint density at radius 1 is 1.05 bits per heavy atom. The van der Waals surface area contributed by atoms with E-state index in [0.717, 1.165) is 18.9 Å². The van der Waals surface area contributed by atoms with E-state index in [1.807, 2.05) is 18.2 Å². The zero-order chi connectivity index (χ0) is 15.9. The lowest BCUT2D eigenvalue weighted by Gasteiger charge is -2.08. The molecule has 0 bridgehead atoms. The Bertz CT molecular complexity index is 686. The fourth-order valence-corrected chi connectivity index (χ4v) is 2.20. The molecule has 2 N–H and O–H groups in total. The van der Waals surface area contributed by atoms with Crippen molar-refractivity contribution < 1.29 is 19.8 Å². The molecule has 0 aliphatic carbocycles. The summed E-state index contributed by atoms with van der Waals surface area (Å²) in [5.41, 5.74) is 1.67. The van der Waals surface area contributed by atoms with Gasteiger partial charge in [0.05, 0.1) is 5.69 Å². The first-order valence-corrected chi connectivity index (χ1v) is 6.95. The number of aliphatic hydroxyl groups is 1. The quantitative estimate of drug-likeness (QED) is 0.468. The second-order valence-electron chi connectivity index (χ2n) is 4.87. The van der Waals surface area contributed by atoms with Crippen molar-refractivity contribution in [1.29, 1.82) is 0 Å². The third-order valence-corrected chi connectivity index (χ3v) is 3.28. The van der Waals surface area contributed by atoms with Crippen LogP contribution in [0.1, 0.15) is 17.7 Å². The molecule has 0 aliphatic heterocycles. The summed E-state index contributed by atoms with van der Waals surface area (Å²) in [5, 5.41) is 18.4. The zero-order valence-electron chi connectivity index (χ0n) is 12.0. The number of hydrogen-bond acceptors (Lipinski definition) is 3. The average molecular weight is 299 g/mol. The Morgan fingerprint density at radius 2 is 1.77 bits per heavy atom. The molecule has 5 nitrogen and oxygen atoms in total. The van der Waals surface area contributed by atoms with E-state index in [1.54, 1.807) is 22.9 Å². The smallest absolute Gasteiger partial charge is 0.376 e. The van der Waals surface area contributed by atoms with Crippen molar-refractivity contribution >= 4 is 17.5 Å². The minimum absolute atomic E-state index is 0.336. The van der Waals surface area contributed by atoms with E-state index in [9.17, 15) is 14.7 Å². The van der Waals surface area contributed by atoms with E-state index in [-0.39, 0.29) is 5.76 Å². The van der Waals surface area contributed by atoms with Gasteiger partial charge in [0, 0.05) is 18.8 Å². The summed E-state index contributed by atoms with van der Waals surface area (Å²) in [6.07, 6.45) is 4.28. The fourth-order valence-electron chi connectivity index (χ4n) is 2.20. The molecule has 2 rings (SSSR count). The highest BCUT2D eigenvalue weighted by Gasteiger charge is 2.12. The van der Waals surface area contributed by atoms with Crippen LogP contribution in [0.3, 0.4) is 0 Å². The van der Waals surface area contributed by atoms with Crippen molar-refractivity contribution in [3.05, 3.63) is 66.0 Å². The van der Waals surface area contributed by atoms with Crippen molar-refractivity contribution in [1.82, 2.24) is 4.57 Å². The Balaban J connectivity index is 2.00. The number of aliphatic carboxylic acids is 1. The van der Waals surface area contributed by atoms with Gasteiger partial charge in [-0.3, -0.25) is 4.79 Å². The van der Waals surface area contributed by atoms with Crippen LogP contribution in [0.4, 0.5) is 0 Å². The van der Waals surface area contributed by atoms with Crippen LogP contribution in [0.5, 0.6) is 0 Å². The number of carboxylic acid groups (broad SMARTS) is 1. The molecule has 22 heavy (non-hydrogen) atoms. The third-order valence-electron chi connectivity index (χ3n) is 3.28. The molecule has 0 radical (unpaired) electrons. The lowest BCUT2D eigenvalue weighted by atomic mass is 10.1. The number of benzene rings is 1. The van der Waals surface area contributed by atoms with E-state index in [4.69, 9.17) is 5.11 Å². The lowest BCUT2D eigenvalue weighted by Crippen LogP contribution is -2.10. The standard InChI is InChI=1S/C17H17NO4/c19-15(12-16(20)17(21)22)14-9-5-11-18(14)10-4-8-13-6-2-1-3-7-13/h1-3,5-7,9,11-12,19H,4,8,10H2,(H,21,22). The number of aryl methyl sites for hydroxylation is 2. The van der Waals surface area contributed by atoms with Crippen LogP contribution in [0, 0.1) is 0 Å². The highest BCUT2D eigenvalue weighted by molar-refractivity contribution is 6.38. The molecule has 0 fully saturated rings. The fraction of sp³-hybridized carbons (Fsp3) is 0.176. The largest absolute Gasteiger partial charge is 0.506 e. The van der Waals surface area contributed by atoms with Crippen LogP contribution >= 0.6 is 0 Å². The van der Waals surface area contributed by atoms with Gasteiger partial charge >= 0.3 is 5.97 Å². The van der Waals surface area contributed by atoms with Crippen LogP contribution in [0.25, 0.3) is 5.76 Å². The van der Waals surface area contributed by atoms with Gasteiger partial charge in [-0.1, -0.05) is 30.3 Å². The molecular formula is C17H17NO4. The van der Waals surface area contributed by atoms with Crippen molar-refractivity contribution in [2.24, 2.45) is 0 Å². The third kappa shape index (κ3) is 4.09. The van der Waals surface area contributed by atoms with Gasteiger partial charge in [0.15, 0.2) is 0 Å². The van der Waals surface area contributed by atoms with Gasteiger partial charge in [0.25, 0.3) is 5.78 Å². The molecule has 0 saturated heterocycles. The van der Waals surface area contributed by atoms with Crippen LogP contribution in [0.2, 0.25) is 0 Å². The monoisotopic (exact) mass is 299 g/mol. The summed E-state index contributed by atoms with van der Waals surface area (Å²) in [5.74, 6) is -3.07. The second-order valence-corrected chi connectivity index (χ2v) is 4.87. The van der Waals surface area contributed by atoms with Gasteiger partial charge in [-0.05, 0) is 30.5 Å². The Labute approximate surface area is 128 Å². The van der Waals surface area contributed by atoms with Crippen molar-refractivity contribution in [2.75, 3.05) is 0 Å². The predicted octanol–water partition coefficient (Wildman–Crippen LogP) is 2.67. The number of rotatable bonds is 7. The van der Waals surface area contributed by atoms with Crippen molar-refractivity contribution in [2.45, 2.75) is 19.4 Å². The van der Waals surface area contributed by atoms with Gasteiger partial charge in [-0.2, -0.15) is 0 Å². The molecule has 2 aromatic rings. The van der Waals surface area contributed by atoms with Crippen LogP contribution in [0.15, 0.2) is 54.7 Å². The van der Waals surface area contributed by atoms with Gasteiger partial charge < -0.3 is 14.8 Å². The van der Waals surface area contributed by atoms with Crippen LogP contribution in [-0.4, -0.2) is 26.5 Å². The highest BCUT2D eigenvalue weighted by atomic mass is 16.4. The number of nitrogens with zero attached hydrogens (tertiary/aromatic N) is 1. The molecule has 1 aromatic carbocycles. The second kappa shape index (κ2) is 7.26. The van der Waals surface area contributed by atoms with Gasteiger partial charge in [0.2, 0.25) is 0 Å². The average Bonchev–Trinajstić information content (AvgIpc) is 2.96. The summed E-state index contributed by atoms with van der Waals surface area (Å²) in [6.45, 7) is 0.663. The first-order chi connectivity index (χ1) is 10.6. The highest BCUT2D eigenvalue weighted by Crippen LogP contribution is 2.14. The lowest BCUT2D eigenvalue weighted by molar-refractivity contribution is -0.146. The van der Waals surface area contributed by atoms with Crippen molar-refractivity contribution in [3.63, 3.8) is 0 Å². The maximum atomic E-state index is 11.1. The summed E-state index contributed by atoms with van der Waals surface area (Å²) in [4.78, 5) is 21.6. The van der Waals surface area contributed by atoms with Crippen LogP contribution in [-0.2, 0) is 22.6 Å². The molecule has 0 atom stereocenters. The molecule has 1 heterocycles. The van der Waals surface area contributed by atoms with E-state index < -0.39 is 11.8 Å². The number of carbonyl (C=O) groups excluding carboxylic acids is 1. The molecule has 0 aliphatic rings. The minimum Gasteiger partial charge on any atom is -0.506 e. The molecule has 1 aromatic heterocycles. The molecule has 0 saturated carbocycles. The van der Waals surface area contributed by atoms with Gasteiger partial charge in [0.1, 0.15) is 5.76 Å². The molecular weight excluding hydrogens is 282 g/mol. The number of aromatic nitrogens is 1. The van der Waals surface area contributed by atoms with Gasteiger partial charge in [-0.15, -0.1) is 0 Å². The molecule has 0 spiro atoms. The number of carboxylic acids is 1. The SMILES string of the molecule is O=C(O)C(=O)C=C(O)c1cccn1CCCc1ccccc1. The number of aliphatic hydroxyl groups excluding tert-OH is 1. The number of carbonyl (C=O) groups is 2.